The standard InChI is InChI=1S/C14H30N2S/c1-6-17-9-7-8-15-12-10-13(2,3)16-14(4,5)11-12/h12,15-16H,6-11H2,1-5H3. The van der Waals surface area contributed by atoms with Gasteiger partial charge in [-0.05, 0) is 65.0 Å². The van der Waals surface area contributed by atoms with E-state index in [2.05, 4.69) is 45.3 Å². The normalized spacial score (nSPS) is 23.8. The van der Waals surface area contributed by atoms with Gasteiger partial charge >= 0.3 is 0 Å². The summed E-state index contributed by atoms with van der Waals surface area (Å²) in [6.07, 6.45) is 3.76. The van der Waals surface area contributed by atoms with E-state index >= 15 is 0 Å². The Balaban J connectivity index is 2.28. The fourth-order valence-corrected chi connectivity index (χ4v) is 3.73. The molecule has 0 bridgehead atoms. The lowest BCUT2D eigenvalue weighted by atomic mass is 9.79. The molecule has 0 aromatic heterocycles. The molecule has 2 nitrogen and oxygen atoms in total. The fraction of sp³-hybridized carbons (Fsp3) is 1.00. The molecule has 1 fully saturated rings. The minimum Gasteiger partial charge on any atom is -0.314 e. The van der Waals surface area contributed by atoms with E-state index in [4.69, 9.17) is 0 Å². The van der Waals surface area contributed by atoms with Gasteiger partial charge in [0.05, 0.1) is 0 Å². The number of thioether (sulfide) groups is 1. The fourth-order valence-electron chi connectivity index (χ4n) is 3.09. The number of hydrogen-bond acceptors (Lipinski definition) is 3. The van der Waals surface area contributed by atoms with Crippen LogP contribution in [0.25, 0.3) is 0 Å². The molecule has 0 radical (unpaired) electrons. The topological polar surface area (TPSA) is 24.1 Å². The van der Waals surface area contributed by atoms with Gasteiger partial charge in [0.15, 0.2) is 0 Å². The maximum absolute atomic E-state index is 3.74. The van der Waals surface area contributed by atoms with Crippen molar-refractivity contribution >= 4 is 11.8 Å². The molecule has 3 heteroatoms. The lowest BCUT2D eigenvalue weighted by Gasteiger charge is -2.46. The molecule has 102 valence electrons. The van der Waals surface area contributed by atoms with Crippen LogP contribution in [0.3, 0.4) is 0 Å². The Morgan fingerprint density at radius 3 is 2.29 bits per heavy atom. The molecule has 0 aromatic rings. The van der Waals surface area contributed by atoms with Gasteiger partial charge in [-0.1, -0.05) is 6.92 Å². The van der Waals surface area contributed by atoms with Crippen LogP contribution in [-0.2, 0) is 0 Å². The molecule has 2 N–H and O–H groups in total. The van der Waals surface area contributed by atoms with Crippen molar-refractivity contribution in [1.82, 2.24) is 10.6 Å². The molecule has 17 heavy (non-hydrogen) atoms. The van der Waals surface area contributed by atoms with Gasteiger partial charge in [0.25, 0.3) is 0 Å². The summed E-state index contributed by atoms with van der Waals surface area (Å²) < 4.78 is 0. The predicted octanol–water partition coefficient (Wildman–Crippen LogP) is 3.03. The van der Waals surface area contributed by atoms with E-state index in [9.17, 15) is 0 Å². The molecule has 0 aliphatic carbocycles. The first-order chi connectivity index (χ1) is 7.85. The first kappa shape index (κ1) is 15.3. The monoisotopic (exact) mass is 258 g/mol. The van der Waals surface area contributed by atoms with E-state index in [-0.39, 0.29) is 11.1 Å². The van der Waals surface area contributed by atoms with Gasteiger partial charge in [-0.3, -0.25) is 0 Å². The summed E-state index contributed by atoms with van der Waals surface area (Å²) in [5.74, 6) is 2.54. The molecule has 0 atom stereocenters. The molecule has 0 spiro atoms. The van der Waals surface area contributed by atoms with Crippen LogP contribution in [0, 0.1) is 0 Å². The molecule has 1 heterocycles. The van der Waals surface area contributed by atoms with Crippen molar-refractivity contribution in [1.29, 1.82) is 0 Å². The lowest BCUT2D eigenvalue weighted by Crippen LogP contribution is -2.61. The average Bonchev–Trinajstić information content (AvgIpc) is 2.12. The van der Waals surface area contributed by atoms with Gasteiger partial charge in [0, 0.05) is 17.1 Å². The highest BCUT2D eigenvalue weighted by atomic mass is 32.2. The summed E-state index contributed by atoms with van der Waals surface area (Å²) in [5, 5.41) is 7.47. The van der Waals surface area contributed by atoms with Crippen LogP contribution >= 0.6 is 11.8 Å². The second kappa shape index (κ2) is 6.44. The third-order valence-electron chi connectivity index (χ3n) is 3.29. The van der Waals surface area contributed by atoms with Crippen molar-refractivity contribution in [3.63, 3.8) is 0 Å². The van der Waals surface area contributed by atoms with Crippen molar-refractivity contribution in [3.05, 3.63) is 0 Å². The maximum atomic E-state index is 3.74. The van der Waals surface area contributed by atoms with Crippen LogP contribution in [0.1, 0.15) is 53.9 Å². The first-order valence-corrected chi connectivity index (χ1v) is 8.10. The number of hydrogen-bond donors (Lipinski definition) is 2. The number of piperidine rings is 1. The van der Waals surface area contributed by atoms with E-state index < -0.39 is 0 Å². The number of rotatable bonds is 6. The first-order valence-electron chi connectivity index (χ1n) is 6.95. The molecule has 0 unspecified atom stereocenters. The summed E-state index contributed by atoms with van der Waals surface area (Å²) in [5.41, 5.74) is 0.523. The molecular formula is C14H30N2S. The van der Waals surface area contributed by atoms with Crippen molar-refractivity contribution in [2.75, 3.05) is 18.1 Å². The third kappa shape index (κ3) is 6.12. The quantitative estimate of drug-likeness (QED) is 0.716. The van der Waals surface area contributed by atoms with Crippen LogP contribution in [0.4, 0.5) is 0 Å². The van der Waals surface area contributed by atoms with E-state index in [1.807, 2.05) is 11.8 Å². The van der Waals surface area contributed by atoms with Crippen LogP contribution in [0.5, 0.6) is 0 Å². The summed E-state index contributed by atoms with van der Waals surface area (Å²) in [4.78, 5) is 0. The predicted molar refractivity (Wildman–Crippen MR) is 79.9 cm³/mol. The van der Waals surface area contributed by atoms with E-state index in [1.165, 1.54) is 37.3 Å². The van der Waals surface area contributed by atoms with E-state index in [0.717, 1.165) is 0 Å². The lowest BCUT2D eigenvalue weighted by molar-refractivity contribution is 0.146. The van der Waals surface area contributed by atoms with Crippen molar-refractivity contribution in [3.8, 4) is 0 Å². The average molecular weight is 258 g/mol. The van der Waals surface area contributed by atoms with Gasteiger partial charge in [0.1, 0.15) is 0 Å². The van der Waals surface area contributed by atoms with Crippen molar-refractivity contribution in [2.45, 2.75) is 71.0 Å². The molecule has 0 amide bonds. The van der Waals surface area contributed by atoms with Crippen molar-refractivity contribution < 1.29 is 0 Å². The van der Waals surface area contributed by atoms with Gasteiger partial charge in [-0.2, -0.15) is 11.8 Å². The van der Waals surface area contributed by atoms with E-state index in [0.29, 0.717) is 6.04 Å². The van der Waals surface area contributed by atoms with Gasteiger partial charge < -0.3 is 10.6 Å². The zero-order valence-electron chi connectivity index (χ0n) is 12.2. The van der Waals surface area contributed by atoms with Gasteiger partial charge in [-0.15, -0.1) is 0 Å². The SMILES string of the molecule is CCSCCCNC1CC(C)(C)NC(C)(C)C1. The molecule has 1 rings (SSSR count). The van der Waals surface area contributed by atoms with Crippen LogP contribution in [-0.4, -0.2) is 35.2 Å². The smallest absolute Gasteiger partial charge is 0.0144 e. The third-order valence-corrected chi connectivity index (χ3v) is 4.28. The zero-order chi connectivity index (χ0) is 12.9. The highest BCUT2D eigenvalue weighted by molar-refractivity contribution is 7.99. The molecule has 1 aliphatic rings. The Hall–Kier alpha value is 0.270. The highest BCUT2D eigenvalue weighted by Gasteiger charge is 2.37. The van der Waals surface area contributed by atoms with Crippen LogP contribution < -0.4 is 10.6 Å². The minimum atomic E-state index is 0.261. The summed E-state index contributed by atoms with van der Waals surface area (Å²) in [6, 6.07) is 0.674. The molecular weight excluding hydrogens is 228 g/mol. The van der Waals surface area contributed by atoms with Crippen molar-refractivity contribution in [2.24, 2.45) is 0 Å². The second-order valence-corrected chi connectivity index (χ2v) is 7.90. The Bertz CT molecular complexity index is 210. The summed E-state index contributed by atoms with van der Waals surface area (Å²) in [6.45, 7) is 12.7. The molecule has 0 saturated carbocycles. The zero-order valence-corrected chi connectivity index (χ0v) is 13.0. The summed E-state index contributed by atoms with van der Waals surface area (Å²) >= 11 is 2.04. The van der Waals surface area contributed by atoms with Crippen LogP contribution in [0.2, 0.25) is 0 Å². The summed E-state index contributed by atoms with van der Waals surface area (Å²) in [7, 11) is 0. The molecule has 1 aliphatic heterocycles. The Morgan fingerprint density at radius 1 is 1.18 bits per heavy atom. The Labute approximate surface area is 112 Å². The Kier molecular flexibility index (Phi) is 5.81. The second-order valence-electron chi connectivity index (χ2n) is 6.50. The van der Waals surface area contributed by atoms with Gasteiger partial charge in [0.2, 0.25) is 0 Å². The molecule has 0 aromatic carbocycles. The Morgan fingerprint density at radius 2 is 1.76 bits per heavy atom. The number of nitrogens with one attached hydrogen (secondary N) is 2. The van der Waals surface area contributed by atoms with E-state index in [1.54, 1.807) is 0 Å². The highest BCUT2D eigenvalue weighted by Crippen LogP contribution is 2.28. The van der Waals surface area contributed by atoms with Crippen LogP contribution in [0.15, 0.2) is 0 Å². The maximum Gasteiger partial charge on any atom is 0.0144 e. The minimum absolute atomic E-state index is 0.261. The largest absolute Gasteiger partial charge is 0.314 e. The molecule has 1 saturated heterocycles. The van der Waals surface area contributed by atoms with Gasteiger partial charge in [-0.25, -0.2) is 0 Å².